The largest absolute Gasteiger partial charge is 0.377 e. The summed E-state index contributed by atoms with van der Waals surface area (Å²) in [7, 11) is 3.51. The van der Waals surface area contributed by atoms with Gasteiger partial charge in [0.25, 0.3) is 0 Å². The van der Waals surface area contributed by atoms with Gasteiger partial charge in [-0.2, -0.15) is 0 Å². The van der Waals surface area contributed by atoms with Crippen LogP contribution in [0.5, 0.6) is 0 Å². The predicted molar refractivity (Wildman–Crippen MR) is 112 cm³/mol. The summed E-state index contributed by atoms with van der Waals surface area (Å²) in [4.78, 5) is 8.98. The number of nitrogens with zero attached hydrogens (tertiary/aromatic N) is 2. The van der Waals surface area contributed by atoms with Crippen LogP contribution in [-0.4, -0.2) is 43.9 Å². The third-order valence-corrected chi connectivity index (χ3v) is 6.38. The standard InChI is InChI=1S/C17H28N4O2S.HI/c1-10(22-5)15-20-11(9-24-15)8-19-16(18-4)21-13-12-6-7-23-14(12)17(13,2)3;/h9-10,12-14H,6-8H2,1-5H3,(H2,18,19,21);1H. The highest BCUT2D eigenvalue weighted by Crippen LogP contribution is 2.52. The normalized spacial score (nSPS) is 28.5. The van der Waals surface area contributed by atoms with Crippen molar-refractivity contribution < 1.29 is 9.47 Å². The molecule has 1 aliphatic heterocycles. The Morgan fingerprint density at radius 1 is 1.56 bits per heavy atom. The van der Waals surface area contributed by atoms with Gasteiger partial charge in [0, 0.05) is 43.5 Å². The quantitative estimate of drug-likeness (QED) is 0.386. The Hall–Kier alpha value is -0.450. The Kier molecular flexibility index (Phi) is 7.09. The van der Waals surface area contributed by atoms with Gasteiger partial charge in [0.1, 0.15) is 11.1 Å². The monoisotopic (exact) mass is 480 g/mol. The molecule has 1 saturated heterocycles. The van der Waals surface area contributed by atoms with E-state index in [4.69, 9.17) is 9.47 Å². The summed E-state index contributed by atoms with van der Waals surface area (Å²) in [5, 5.41) is 10.0. The number of methoxy groups -OCH3 is 1. The highest BCUT2D eigenvalue weighted by molar-refractivity contribution is 14.0. The average molecular weight is 480 g/mol. The van der Waals surface area contributed by atoms with Crippen LogP contribution in [0, 0.1) is 11.3 Å². The number of hydrogen-bond acceptors (Lipinski definition) is 5. The van der Waals surface area contributed by atoms with E-state index in [0.29, 0.717) is 24.6 Å². The van der Waals surface area contributed by atoms with E-state index in [1.165, 1.54) is 0 Å². The number of ether oxygens (including phenoxy) is 2. The lowest BCUT2D eigenvalue weighted by Crippen LogP contribution is -2.67. The van der Waals surface area contributed by atoms with Gasteiger partial charge in [-0.15, -0.1) is 35.3 Å². The molecule has 2 aliphatic rings. The Morgan fingerprint density at radius 3 is 3.00 bits per heavy atom. The average Bonchev–Trinajstić information content (AvgIpc) is 3.22. The second-order valence-corrected chi connectivity index (χ2v) is 8.06. The number of aliphatic imine (C=N–C) groups is 1. The molecule has 3 rings (SSSR count). The molecule has 1 aliphatic carbocycles. The third kappa shape index (κ3) is 4.12. The number of aromatic nitrogens is 1. The summed E-state index contributed by atoms with van der Waals surface area (Å²) < 4.78 is 11.2. The van der Waals surface area contributed by atoms with Gasteiger partial charge in [0.2, 0.25) is 0 Å². The van der Waals surface area contributed by atoms with Crippen molar-refractivity contribution in [1.29, 1.82) is 0 Å². The maximum atomic E-state index is 5.86. The number of nitrogens with one attached hydrogen (secondary N) is 2. The number of guanidine groups is 1. The van der Waals surface area contributed by atoms with Crippen LogP contribution in [-0.2, 0) is 16.0 Å². The maximum Gasteiger partial charge on any atom is 0.191 e. The lowest BCUT2D eigenvalue weighted by atomic mass is 9.57. The fraction of sp³-hybridized carbons (Fsp3) is 0.765. The molecular weight excluding hydrogens is 451 g/mol. The minimum absolute atomic E-state index is 0. The van der Waals surface area contributed by atoms with Crippen molar-refractivity contribution >= 4 is 41.3 Å². The number of thiazole rings is 1. The Bertz CT molecular complexity index is 607. The van der Waals surface area contributed by atoms with Crippen LogP contribution in [0.25, 0.3) is 0 Å². The SMILES string of the molecule is CN=C(NCc1csc(C(C)OC)n1)NC1C2CCOC2C1(C)C.I. The summed E-state index contributed by atoms with van der Waals surface area (Å²) in [6.07, 6.45) is 1.55. The molecular formula is C17H29IN4O2S. The first kappa shape index (κ1) is 20.9. The topological polar surface area (TPSA) is 67.8 Å². The van der Waals surface area contributed by atoms with Gasteiger partial charge in [0.15, 0.2) is 5.96 Å². The molecule has 0 aromatic carbocycles. The maximum absolute atomic E-state index is 5.86. The minimum atomic E-state index is 0. The third-order valence-electron chi connectivity index (χ3n) is 5.32. The van der Waals surface area contributed by atoms with E-state index in [2.05, 4.69) is 39.8 Å². The van der Waals surface area contributed by atoms with Crippen LogP contribution in [0.15, 0.2) is 10.4 Å². The van der Waals surface area contributed by atoms with Crippen LogP contribution in [0.1, 0.15) is 44.0 Å². The summed E-state index contributed by atoms with van der Waals surface area (Å²) in [5.74, 6) is 1.42. The second kappa shape index (κ2) is 8.49. The Morgan fingerprint density at radius 2 is 2.32 bits per heavy atom. The van der Waals surface area contributed by atoms with Crippen molar-refractivity contribution in [3.8, 4) is 0 Å². The molecule has 0 amide bonds. The van der Waals surface area contributed by atoms with E-state index in [-0.39, 0.29) is 35.5 Å². The highest BCUT2D eigenvalue weighted by atomic mass is 127. The van der Waals surface area contributed by atoms with Crippen molar-refractivity contribution in [2.24, 2.45) is 16.3 Å². The van der Waals surface area contributed by atoms with Crippen LogP contribution in [0.2, 0.25) is 0 Å². The Labute approximate surface area is 171 Å². The van der Waals surface area contributed by atoms with Crippen molar-refractivity contribution in [3.63, 3.8) is 0 Å². The second-order valence-electron chi connectivity index (χ2n) is 7.17. The lowest BCUT2D eigenvalue weighted by molar-refractivity contribution is -0.106. The number of rotatable bonds is 5. The van der Waals surface area contributed by atoms with Gasteiger partial charge in [-0.3, -0.25) is 4.99 Å². The zero-order valence-electron chi connectivity index (χ0n) is 15.5. The first-order valence-corrected chi connectivity index (χ1v) is 9.41. The molecule has 0 bridgehead atoms. The van der Waals surface area contributed by atoms with E-state index < -0.39 is 0 Å². The molecule has 4 unspecified atom stereocenters. The zero-order chi connectivity index (χ0) is 17.3. The van der Waals surface area contributed by atoms with E-state index in [1.807, 2.05) is 14.0 Å². The van der Waals surface area contributed by atoms with Crippen LogP contribution in [0.4, 0.5) is 0 Å². The number of halogens is 1. The smallest absolute Gasteiger partial charge is 0.191 e. The molecule has 2 N–H and O–H groups in total. The van der Waals surface area contributed by atoms with Crippen molar-refractivity contribution in [3.05, 3.63) is 16.1 Å². The van der Waals surface area contributed by atoms with Crippen LogP contribution >= 0.6 is 35.3 Å². The van der Waals surface area contributed by atoms with Crippen molar-refractivity contribution in [1.82, 2.24) is 15.6 Å². The molecule has 1 saturated carbocycles. The number of fused-ring (bicyclic) bond motifs is 1. The predicted octanol–water partition coefficient (Wildman–Crippen LogP) is 2.95. The van der Waals surface area contributed by atoms with E-state index >= 15 is 0 Å². The Balaban J connectivity index is 0.00000225. The van der Waals surface area contributed by atoms with Crippen LogP contribution in [0.3, 0.4) is 0 Å². The van der Waals surface area contributed by atoms with E-state index in [0.717, 1.165) is 29.7 Å². The first-order chi connectivity index (χ1) is 11.5. The van der Waals surface area contributed by atoms with Crippen molar-refractivity contribution in [2.75, 3.05) is 20.8 Å². The molecule has 0 spiro atoms. The van der Waals surface area contributed by atoms with Gasteiger partial charge in [-0.05, 0) is 13.3 Å². The minimum Gasteiger partial charge on any atom is -0.377 e. The molecule has 25 heavy (non-hydrogen) atoms. The van der Waals surface area contributed by atoms with Crippen LogP contribution < -0.4 is 10.6 Å². The molecule has 6 nitrogen and oxygen atoms in total. The van der Waals surface area contributed by atoms with Crippen molar-refractivity contribution in [2.45, 2.75) is 52.0 Å². The summed E-state index contributed by atoms with van der Waals surface area (Å²) in [6.45, 7) is 8.08. The van der Waals surface area contributed by atoms with Gasteiger partial charge in [-0.1, -0.05) is 13.8 Å². The molecule has 0 radical (unpaired) electrons. The lowest BCUT2D eigenvalue weighted by Gasteiger charge is -2.54. The van der Waals surface area contributed by atoms with E-state index in [1.54, 1.807) is 18.4 Å². The molecule has 2 heterocycles. The zero-order valence-corrected chi connectivity index (χ0v) is 18.7. The van der Waals surface area contributed by atoms with Gasteiger partial charge >= 0.3 is 0 Å². The van der Waals surface area contributed by atoms with Gasteiger partial charge in [0.05, 0.1) is 18.3 Å². The summed E-state index contributed by atoms with van der Waals surface area (Å²) in [6, 6.07) is 0.399. The fourth-order valence-corrected chi connectivity index (χ4v) is 4.68. The number of hydrogen-bond donors (Lipinski definition) is 2. The highest BCUT2D eigenvalue weighted by Gasteiger charge is 2.59. The molecule has 142 valence electrons. The molecule has 1 aromatic rings. The first-order valence-electron chi connectivity index (χ1n) is 8.53. The van der Waals surface area contributed by atoms with Gasteiger partial charge < -0.3 is 20.1 Å². The molecule has 8 heteroatoms. The summed E-state index contributed by atoms with van der Waals surface area (Å²) in [5.41, 5.74) is 1.15. The molecule has 2 fully saturated rings. The van der Waals surface area contributed by atoms with E-state index in [9.17, 15) is 0 Å². The van der Waals surface area contributed by atoms with Gasteiger partial charge in [-0.25, -0.2) is 4.98 Å². The molecule has 1 aromatic heterocycles. The fourth-order valence-electron chi connectivity index (χ4n) is 3.82. The summed E-state index contributed by atoms with van der Waals surface area (Å²) >= 11 is 1.63. The molecule has 4 atom stereocenters.